The van der Waals surface area contributed by atoms with Crippen molar-refractivity contribution in [1.82, 2.24) is 15.5 Å². The molecule has 10 heteroatoms. The summed E-state index contributed by atoms with van der Waals surface area (Å²) in [5.74, 6) is 1.50. The molecular weight excluding hydrogens is 444 g/mol. The maximum absolute atomic E-state index is 12.6. The van der Waals surface area contributed by atoms with Crippen LogP contribution in [0.5, 0.6) is 17.2 Å². The molecule has 0 saturated carbocycles. The zero-order chi connectivity index (χ0) is 24.6. The Bertz CT molecular complexity index is 960. The van der Waals surface area contributed by atoms with Crippen molar-refractivity contribution >= 4 is 17.7 Å². The van der Waals surface area contributed by atoms with Gasteiger partial charge in [-0.2, -0.15) is 5.26 Å². The number of aromatic nitrogens is 2. The number of hydrogen-bond acceptors (Lipinski definition) is 9. The second-order valence-corrected chi connectivity index (χ2v) is 8.98. The first-order chi connectivity index (χ1) is 15.7. The topological polar surface area (TPSA) is 120 Å². The van der Waals surface area contributed by atoms with Gasteiger partial charge in [0.05, 0.1) is 31.1 Å². The largest absolute Gasteiger partial charge is 0.490 e. The van der Waals surface area contributed by atoms with E-state index in [1.807, 2.05) is 34.6 Å². The first kappa shape index (κ1) is 26.3. The fraction of sp³-hybridized carbons (Fsp3) is 0.565. The van der Waals surface area contributed by atoms with Crippen LogP contribution in [-0.2, 0) is 4.79 Å². The van der Waals surface area contributed by atoms with Gasteiger partial charge in [0, 0.05) is 5.56 Å². The molecule has 1 aromatic heterocycles. The zero-order valence-electron chi connectivity index (χ0n) is 20.2. The maximum atomic E-state index is 12.6. The molecule has 2 unspecified atom stereocenters. The first-order valence-electron chi connectivity index (χ1n) is 11.0. The van der Waals surface area contributed by atoms with Crippen molar-refractivity contribution in [2.24, 2.45) is 5.92 Å². The second kappa shape index (κ2) is 11.8. The van der Waals surface area contributed by atoms with Gasteiger partial charge in [0.1, 0.15) is 5.54 Å². The van der Waals surface area contributed by atoms with Gasteiger partial charge in [-0.1, -0.05) is 25.6 Å². The highest BCUT2D eigenvalue weighted by Crippen LogP contribution is 2.42. The van der Waals surface area contributed by atoms with Crippen molar-refractivity contribution in [3.05, 3.63) is 12.1 Å². The summed E-state index contributed by atoms with van der Waals surface area (Å²) in [6.45, 7) is 14.2. The molecule has 1 amide bonds. The monoisotopic (exact) mass is 476 g/mol. The van der Waals surface area contributed by atoms with Gasteiger partial charge in [-0.3, -0.25) is 4.79 Å². The van der Waals surface area contributed by atoms with E-state index < -0.39 is 10.8 Å². The molecule has 0 saturated heterocycles. The third-order valence-electron chi connectivity index (χ3n) is 4.98. The van der Waals surface area contributed by atoms with E-state index >= 15 is 0 Å². The lowest BCUT2D eigenvalue weighted by Crippen LogP contribution is -2.51. The summed E-state index contributed by atoms with van der Waals surface area (Å²) in [7, 11) is 0. The summed E-state index contributed by atoms with van der Waals surface area (Å²) in [5, 5.41) is 20.1. The Hall–Kier alpha value is -2.93. The Kier molecular flexibility index (Phi) is 9.41. The number of rotatable bonds is 12. The maximum Gasteiger partial charge on any atom is 0.277 e. The fourth-order valence-electron chi connectivity index (χ4n) is 2.75. The summed E-state index contributed by atoms with van der Waals surface area (Å²) in [6.07, 6.45) is 0. The Morgan fingerprint density at radius 3 is 2.18 bits per heavy atom. The predicted molar refractivity (Wildman–Crippen MR) is 126 cm³/mol. The van der Waals surface area contributed by atoms with E-state index in [0.29, 0.717) is 42.6 Å². The minimum atomic E-state index is -0.959. The average molecular weight is 477 g/mol. The molecule has 9 nitrogen and oxygen atoms in total. The number of nitriles is 1. The lowest BCUT2D eigenvalue weighted by Gasteiger charge is -2.28. The van der Waals surface area contributed by atoms with Gasteiger partial charge >= 0.3 is 0 Å². The van der Waals surface area contributed by atoms with E-state index in [2.05, 4.69) is 21.6 Å². The molecule has 0 aliphatic rings. The van der Waals surface area contributed by atoms with Crippen LogP contribution in [0.15, 0.2) is 21.8 Å². The quantitative estimate of drug-likeness (QED) is 0.442. The molecule has 180 valence electrons. The third kappa shape index (κ3) is 6.54. The summed E-state index contributed by atoms with van der Waals surface area (Å²) in [4.78, 5) is 12.6. The molecule has 2 atom stereocenters. The van der Waals surface area contributed by atoms with Crippen LogP contribution in [0.4, 0.5) is 0 Å². The lowest BCUT2D eigenvalue weighted by molar-refractivity contribution is -0.121. The molecule has 33 heavy (non-hydrogen) atoms. The normalized spacial score (nSPS) is 13.7. The second-order valence-electron chi connectivity index (χ2n) is 7.69. The number of ether oxygens (including phenoxy) is 3. The number of amides is 1. The van der Waals surface area contributed by atoms with Crippen LogP contribution < -0.4 is 19.5 Å². The molecule has 2 rings (SSSR count). The molecule has 0 bridgehead atoms. The molecule has 2 aromatic rings. The molecule has 0 radical (unpaired) electrons. The van der Waals surface area contributed by atoms with Crippen molar-refractivity contribution in [3.63, 3.8) is 0 Å². The Morgan fingerprint density at radius 1 is 1.12 bits per heavy atom. The zero-order valence-corrected chi connectivity index (χ0v) is 21.0. The van der Waals surface area contributed by atoms with Gasteiger partial charge in [0.2, 0.25) is 17.5 Å². The summed E-state index contributed by atoms with van der Waals surface area (Å²) in [5.41, 5.74) is -0.349. The Balaban J connectivity index is 2.25. The average Bonchev–Trinajstić information content (AvgIpc) is 3.24. The van der Waals surface area contributed by atoms with Crippen molar-refractivity contribution in [2.75, 3.05) is 19.8 Å². The van der Waals surface area contributed by atoms with Gasteiger partial charge < -0.3 is 23.9 Å². The van der Waals surface area contributed by atoms with Gasteiger partial charge in [-0.25, -0.2) is 0 Å². The molecule has 0 fully saturated rings. The van der Waals surface area contributed by atoms with Crippen LogP contribution in [0.2, 0.25) is 0 Å². The molecule has 0 aliphatic heterocycles. The van der Waals surface area contributed by atoms with Gasteiger partial charge in [0.15, 0.2) is 11.5 Å². The highest BCUT2D eigenvalue weighted by atomic mass is 32.2. The van der Waals surface area contributed by atoms with Crippen LogP contribution >= 0.6 is 11.8 Å². The molecular formula is C23H32N4O5S. The van der Waals surface area contributed by atoms with Crippen LogP contribution in [0.25, 0.3) is 11.5 Å². The highest BCUT2D eigenvalue weighted by Gasteiger charge is 2.32. The summed E-state index contributed by atoms with van der Waals surface area (Å²) in [6, 6.07) is 5.69. The smallest absolute Gasteiger partial charge is 0.277 e. The Labute approximate surface area is 199 Å². The van der Waals surface area contributed by atoms with Crippen molar-refractivity contribution in [2.45, 2.75) is 64.5 Å². The Morgan fingerprint density at radius 2 is 1.70 bits per heavy atom. The van der Waals surface area contributed by atoms with E-state index in [1.165, 1.54) is 0 Å². The van der Waals surface area contributed by atoms with E-state index in [0.717, 1.165) is 11.8 Å². The summed E-state index contributed by atoms with van der Waals surface area (Å²) >= 11 is 1.12. The number of carbonyl (C=O) groups is 1. The molecule has 0 aliphatic carbocycles. The number of carbonyl (C=O) groups excluding carboxylic acids is 1. The lowest BCUT2D eigenvalue weighted by atomic mass is 9.90. The molecule has 0 spiro atoms. The van der Waals surface area contributed by atoms with E-state index in [9.17, 15) is 10.1 Å². The minimum Gasteiger partial charge on any atom is -0.490 e. The number of thioether (sulfide) groups is 1. The molecule has 1 N–H and O–H groups in total. The van der Waals surface area contributed by atoms with Crippen LogP contribution in [0, 0.1) is 17.2 Å². The predicted octanol–water partition coefficient (Wildman–Crippen LogP) is 4.47. The van der Waals surface area contributed by atoms with Gasteiger partial charge in [0.25, 0.3) is 5.22 Å². The van der Waals surface area contributed by atoms with Crippen LogP contribution in [0.1, 0.15) is 48.5 Å². The van der Waals surface area contributed by atoms with Crippen molar-refractivity contribution < 1.29 is 23.4 Å². The van der Waals surface area contributed by atoms with E-state index in [1.54, 1.807) is 26.0 Å². The fourth-order valence-corrected chi connectivity index (χ4v) is 3.43. The SMILES string of the molecule is CCOc1cc(-c2nnc(SC(C)C(=O)NC(C)(C#N)C(C)C)o2)cc(OCC)c1OCC. The van der Waals surface area contributed by atoms with Crippen molar-refractivity contribution in [1.29, 1.82) is 5.26 Å². The summed E-state index contributed by atoms with van der Waals surface area (Å²) < 4.78 is 23.0. The van der Waals surface area contributed by atoms with E-state index in [4.69, 9.17) is 18.6 Å². The molecule has 1 aromatic carbocycles. The third-order valence-corrected chi connectivity index (χ3v) is 5.91. The number of benzene rings is 1. The number of nitrogens with zero attached hydrogens (tertiary/aromatic N) is 3. The van der Waals surface area contributed by atoms with Crippen LogP contribution in [0.3, 0.4) is 0 Å². The first-order valence-corrected chi connectivity index (χ1v) is 11.9. The van der Waals surface area contributed by atoms with Crippen LogP contribution in [-0.4, -0.2) is 46.7 Å². The number of hydrogen-bond donors (Lipinski definition) is 1. The van der Waals surface area contributed by atoms with Gasteiger partial charge in [-0.05, 0) is 52.7 Å². The highest BCUT2D eigenvalue weighted by molar-refractivity contribution is 8.00. The van der Waals surface area contributed by atoms with Gasteiger partial charge in [-0.15, -0.1) is 10.2 Å². The van der Waals surface area contributed by atoms with E-state index in [-0.39, 0.29) is 22.9 Å². The molecule has 1 heterocycles. The standard InChI is InChI=1S/C23H32N4O5S/c1-8-29-17-11-16(12-18(30-9-2)19(17)31-10-3)21-26-27-22(32-21)33-15(6)20(28)25-23(7,13-24)14(4)5/h11-12,14-15H,8-10H2,1-7H3,(H,25,28). The number of nitrogens with one attached hydrogen (secondary N) is 1. The van der Waals surface area contributed by atoms with Crippen molar-refractivity contribution in [3.8, 4) is 34.8 Å². The minimum absolute atomic E-state index is 0.0441.